The molecule has 8 nitrogen and oxygen atoms in total. The van der Waals surface area contributed by atoms with E-state index in [1.54, 1.807) is 18.1 Å². The Labute approximate surface area is 149 Å². The standard InChI is InChI=1S/C16H21N7OS/c24-16(18-7-11-3-1-2-4-17-11)12-8-23(5-6-25-12)15-13-14(20-9-19-13)21-10-22-15/h8-11,17H,1-7H2,(H,18,24)(H,19,20,21,22)/t11-/m0/s1. The molecule has 1 atom stereocenters. The summed E-state index contributed by atoms with van der Waals surface area (Å²) >= 11 is 1.58. The second-order valence-electron chi connectivity index (χ2n) is 6.19. The van der Waals surface area contributed by atoms with Crippen molar-refractivity contribution < 1.29 is 4.79 Å². The fraction of sp³-hybridized carbons (Fsp3) is 0.500. The van der Waals surface area contributed by atoms with Crippen LogP contribution in [0.5, 0.6) is 0 Å². The molecule has 132 valence electrons. The van der Waals surface area contributed by atoms with Gasteiger partial charge in [-0.25, -0.2) is 15.0 Å². The van der Waals surface area contributed by atoms with Gasteiger partial charge in [0.05, 0.1) is 11.2 Å². The van der Waals surface area contributed by atoms with Crippen LogP contribution in [0.3, 0.4) is 0 Å². The molecule has 25 heavy (non-hydrogen) atoms. The Kier molecular flexibility index (Phi) is 4.84. The van der Waals surface area contributed by atoms with Crippen molar-refractivity contribution in [1.29, 1.82) is 0 Å². The van der Waals surface area contributed by atoms with Crippen LogP contribution in [0, 0.1) is 0 Å². The number of amides is 1. The van der Waals surface area contributed by atoms with Gasteiger partial charge in [0.1, 0.15) is 11.8 Å². The number of carbonyl (C=O) groups is 1. The lowest BCUT2D eigenvalue weighted by molar-refractivity contribution is -0.116. The van der Waals surface area contributed by atoms with Crippen LogP contribution in [0.15, 0.2) is 23.8 Å². The lowest BCUT2D eigenvalue weighted by Crippen LogP contribution is -2.44. The highest BCUT2D eigenvalue weighted by molar-refractivity contribution is 8.04. The third-order valence-electron chi connectivity index (χ3n) is 4.48. The summed E-state index contributed by atoms with van der Waals surface area (Å²) in [5.74, 6) is 1.57. The molecule has 2 aromatic rings. The third kappa shape index (κ3) is 3.62. The molecule has 0 aliphatic carbocycles. The Morgan fingerprint density at radius 1 is 1.36 bits per heavy atom. The van der Waals surface area contributed by atoms with E-state index in [2.05, 4.69) is 30.6 Å². The number of anilines is 1. The van der Waals surface area contributed by atoms with E-state index < -0.39 is 0 Å². The van der Waals surface area contributed by atoms with Gasteiger partial charge in [0.15, 0.2) is 11.5 Å². The van der Waals surface area contributed by atoms with E-state index >= 15 is 0 Å². The van der Waals surface area contributed by atoms with Crippen molar-refractivity contribution >= 4 is 34.7 Å². The zero-order valence-electron chi connectivity index (χ0n) is 13.9. The molecule has 1 saturated heterocycles. The summed E-state index contributed by atoms with van der Waals surface area (Å²) in [4.78, 5) is 31.0. The predicted octanol–water partition coefficient (Wildman–Crippen LogP) is 1.01. The summed E-state index contributed by atoms with van der Waals surface area (Å²) in [6.45, 7) is 2.51. The number of aromatic amines is 1. The van der Waals surface area contributed by atoms with E-state index in [0.717, 1.165) is 36.6 Å². The van der Waals surface area contributed by atoms with Crippen LogP contribution in [-0.4, -0.2) is 57.3 Å². The van der Waals surface area contributed by atoms with E-state index in [-0.39, 0.29) is 5.91 Å². The van der Waals surface area contributed by atoms with Crippen LogP contribution in [0.25, 0.3) is 11.2 Å². The molecule has 4 heterocycles. The van der Waals surface area contributed by atoms with Crippen molar-refractivity contribution in [2.24, 2.45) is 0 Å². The van der Waals surface area contributed by atoms with Gasteiger partial charge in [-0.2, -0.15) is 0 Å². The molecule has 0 bridgehead atoms. The summed E-state index contributed by atoms with van der Waals surface area (Å²) in [5.41, 5.74) is 1.42. The largest absolute Gasteiger partial charge is 0.350 e. The van der Waals surface area contributed by atoms with Crippen molar-refractivity contribution in [3.05, 3.63) is 23.8 Å². The number of aromatic nitrogens is 4. The van der Waals surface area contributed by atoms with Gasteiger partial charge < -0.3 is 20.5 Å². The molecule has 9 heteroatoms. The number of imidazole rings is 1. The molecule has 0 unspecified atom stereocenters. The molecule has 2 aliphatic rings. The maximum absolute atomic E-state index is 12.5. The van der Waals surface area contributed by atoms with Gasteiger partial charge in [-0.3, -0.25) is 4.79 Å². The molecule has 4 rings (SSSR count). The van der Waals surface area contributed by atoms with Crippen LogP contribution in [0.2, 0.25) is 0 Å². The Morgan fingerprint density at radius 2 is 2.32 bits per heavy atom. The van der Waals surface area contributed by atoms with Crippen molar-refractivity contribution in [2.45, 2.75) is 25.3 Å². The summed E-state index contributed by atoms with van der Waals surface area (Å²) in [6, 6.07) is 0.384. The minimum Gasteiger partial charge on any atom is -0.350 e. The smallest absolute Gasteiger partial charge is 0.259 e. The quantitative estimate of drug-likeness (QED) is 0.749. The summed E-state index contributed by atoms with van der Waals surface area (Å²) in [6.07, 6.45) is 8.56. The number of rotatable bonds is 4. The van der Waals surface area contributed by atoms with Gasteiger partial charge in [-0.05, 0) is 19.4 Å². The fourth-order valence-corrected chi connectivity index (χ4v) is 4.07. The molecule has 2 aromatic heterocycles. The number of nitrogens with one attached hydrogen (secondary N) is 3. The highest BCUT2D eigenvalue weighted by Gasteiger charge is 2.22. The average Bonchev–Trinajstić information content (AvgIpc) is 3.16. The number of nitrogens with zero attached hydrogens (tertiary/aromatic N) is 4. The first-order valence-electron chi connectivity index (χ1n) is 8.58. The van der Waals surface area contributed by atoms with Crippen LogP contribution in [-0.2, 0) is 4.79 Å². The molecular formula is C16H21N7OS. The molecule has 0 spiro atoms. The number of thioether (sulfide) groups is 1. The number of carbonyl (C=O) groups excluding carboxylic acids is 1. The Bertz CT molecular complexity index is 784. The maximum Gasteiger partial charge on any atom is 0.259 e. The second-order valence-corrected chi connectivity index (χ2v) is 7.33. The SMILES string of the molecule is O=C(NC[C@@H]1CCCCN1)C1=CN(c2ncnc3nc[nH]c23)CCS1. The van der Waals surface area contributed by atoms with Crippen molar-refractivity contribution in [3.63, 3.8) is 0 Å². The zero-order chi connectivity index (χ0) is 17.1. The van der Waals surface area contributed by atoms with Gasteiger partial charge in [-0.1, -0.05) is 6.42 Å². The summed E-state index contributed by atoms with van der Waals surface area (Å²) in [5, 5.41) is 6.51. The minimum absolute atomic E-state index is 0.0167. The molecule has 0 saturated carbocycles. The monoisotopic (exact) mass is 359 g/mol. The minimum atomic E-state index is -0.0167. The van der Waals surface area contributed by atoms with E-state index in [9.17, 15) is 4.79 Å². The normalized spacial score (nSPS) is 21.2. The van der Waals surface area contributed by atoms with Gasteiger partial charge in [0.25, 0.3) is 5.91 Å². The first-order valence-corrected chi connectivity index (χ1v) is 9.57. The summed E-state index contributed by atoms with van der Waals surface area (Å²) in [7, 11) is 0. The molecule has 0 radical (unpaired) electrons. The average molecular weight is 359 g/mol. The molecule has 2 aliphatic heterocycles. The number of piperidine rings is 1. The maximum atomic E-state index is 12.5. The van der Waals surface area contributed by atoms with Crippen LogP contribution >= 0.6 is 11.8 Å². The first-order chi connectivity index (χ1) is 12.3. The van der Waals surface area contributed by atoms with Crippen molar-refractivity contribution in [1.82, 2.24) is 30.6 Å². The lowest BCUT2D eigenvalue weighted by atomic mass is 10.1. The second kappa shape index (κ2) is 7.40. The van der Waals surface area contributed by atoms with Crippen molar-refractivity contribution in [2.75, 3.05) is 30.3 Å². The summed E-state index contributed by atoms with van der Waals surface area (Å²) < 4.78 is 0. The highest BCUT2D eigenvalue weighted by atomic mass is 32.2. The lowest BCUT2D eigenvalue weighted by Gasteiger charge is -2.26. The number of H-pyrrole nitrogens is 1. The first kappa shape index (κ1) is 16.3. The molecular weight excluding hydrogens is 338 g/mol. The molecule has 1 amide bonds. The molecule has 1 fully saturated rings. The van der Waals surface area contributed by atoms with E-state index in [4.69, 9.17) is 0 Å². The Balaban J connectivity index is 1.46. The van der Waals surface area contributed by atoms with Crippen LogP contribution in [0.4, 0.5) is 5.82 Å². The van der Waals surface area contributed by atoms with Gasteiger partial charge in [0, 0.05) is 31.1 Å². The number of fused-ring (bicyclic) bond motifs is 1. The van der Waals surface area contributed by atoms with Gasteiger partial charge >= 0.3 is 0 Å². The van der Waals surface area contributed by atoms with E-state index in [1.807, 2.05) is 11.1 Å². The highest BCUT2D eigenvalue weighted by Crippen LogP contribution is 2.27. The van der Waals surface area contributed by atoms with Gasteiger partial charge in [-0.15, -0.1) is 11.8 Å². The van der Waals surface area contributed by atoms with Crippen LogP contribution in [0.1, 0.15) is 19.3 Å². The Morgan fingerprint density at radius 3 is 3.20 bits per heavy atom. The number of hydrogen-bond donors (Lipinski definition) is 3. The Hall–Kier alpha value is -2.13. The van der Waals surface area contributed by atoms with E-state index in [1.165, 1.54) is 19.2 Å². The van der Waals surface area contributed by atoms with Crippen LogP contribution < -0.4 is 15.5 Å². The molecule has 0 aromatic carbocycles. The van der Waals surface area contributed by atoms with Crippen molar-refractivity contribution in [3.8, 4) is 0 Å². The topological polar surface area (TPSA) is 98.8 Å². The number of hydrogen-bond acceptors (Lipinski definition) is 7. The fourth-order valence-electron chi connectivity index (χ4n) is 3.16. The third-order valence-corrected chi connectivity index (χ3v) is 5.47. The molecule has 3 N–H and O–H groups in total. The van der Waals surface area contributed by atoms with Gasteiger partial charge in [0.2, 0.25) is 0 Å². The zero-order valence-corrected chi connectivity index (χ0v) is 14.7. The predicted molar refractivity (Wildman–Crippen MR) is 98.2 cm³/mol. The van der Waals surface area contributed by atoms with E-state index in [0.29, 0.717) is 23.1 Å².